The summed E-state index contributed by atoms with van der Waals surface area (Å²) in [7, 11) is 1.85. The van der Waals surface area contributed by atoms with Crippen molar-refractivity contribution in [2.24, 2.45) is 0 Å². The van der Waals surface area contributed by atoms with Crippen LogP contribution in [0.2, 0.25) is 4.34 Å². The molecule has 0 aliphatic heterocycles. The van der Waals surface area contributed by atoms with Gasteiger partial charge in [-0.25, -0.2) is 9.97 Å². The van der Waals surface area contributed by atoms with E-state index < -0.39 is 0 Å². The minimum atomic E-state index is 0.772. The monoisotopic (exact) mass is 239 g/mol. The molecule has 0 radical (unpaired) electrons. The molecule has 0 saturated heterocycles. The Kier molecular flexibility index (Phi) is 2.88. The molecule has 0 aliphatic rings. The van der Waals surface area contributed by atoms with Crippen LogP contribution in [0.4, 0.5) is 5.82 Å². The van der Waals surface area contributed by atoms with Gasteiger partial charge >= 0.3 is 0 Å². The van der Waals surface area contributed by atoms with E-state index in [1.54, 1.807) is 6.33 Å². The maximum atomic E-state index is 5.90. The van der Waals surface area contributed by atoms with Crippen molar-refractivity contribution in [2.75, 3.05) is 12.4 Å². The summed E-state index contributed by atoms with van der Waals surface area (Å²) < 4.78 is 0.772. The Hall–Kier alpha value is -1.13. The number of nitrogens with one attached hydrogen (secondary N) is 1. The van der Waals surface area contributed by atoms with Crippen molar-refractivity contribution in [3.63, 3.8) is 0 Å². The molecular weight excluding hydrogens is 230 g/mol. The lowest BCUT2D eigenvalue weighted by molar-refractivity contribution is 1.13. The lowest BCUT2D eigenvalue weighted by Crippen LogP contribution is -1.98. The normalized spacial score (nSPS) is 10.3. The summed E-state index contributed by atoms with van der Waals surface area (Å²) in [6.07, 6.45) is 1.56. The molecule has 0 amide bonds. The highest BCUT2D eigenvalue weighted by molar-refractivity contribution is 7.19. The average molecular weight is 240 g/mol. The number of hydrogen-bond donors (Lipinski definition) is 1. The van der Waals surface area contributed by atoms with Crippen LogP contribution in [0.25, 0.3) is 10.6 Å². The third-order valence-electron chi connectivity index (χ3n) is 2.13. The van der Waals surface area contributed by atoms with Gasteiger partial charge in [0.1, 0.15) is 12.1 Å². The highest BCUT2D eigenvalue weighted by Gasteiger charge is 2.09. The molecule has 78 valence electrons. The second kappa shape index (κ2) is 4.16. The van der Waals surface area contributed by atoms with E-state index in [1.807, 2.05) is 26.1 Å². The first-order valence-electron chi connectivity index (χ1n) is 4.47. The van der Waals surface area contributed by atoms with E-state index in [4.69, 9.17) is 11.6 Å². The molecule has 2 aromatic rings. The number of anilines is 1. The van der Waals surface area contributed by atoms with Crippen LogP contribution < -0.4 is 5.32 Å². The Morgan fingerprint density at radius 1 is 1.33 bits per heavy atom. The molecule has 1 N–H and O–H groups in total. The molecule has 2 aromatic heterocycles. The molecule has 0 unspecified atom stereocenters. The van der Waals surface area contributed by atoms with E-state index in [-0.39, 0.29) is 0 Å². The first-order chi connectivity index (χ1) is 7.22. The van der Waals surface area contributed by atoms with Crippen molar-refractivity contribution in [1.29, 1.82) is 0 Å². The zero-order valence-corrected chi connectivity index (χ0v) is 9.99. The number of nitrogens with zero attached hydrogens (tertiary/aromatic N) is 2. The molecule has 2 rings (SSSR count). The summed E-state index contributed by atoms with van der Waals surface area (Å²) in [5, 5.41) is 3.03. The van der Waals surface area contributed by atoms with Gasteiger partial charge in [-0.1, -0.05) is 11.6 Å². The number of halogens is 1. The summed E-state index contributed by atoms with van der Waals surface area (Å²) in [6, 6.07) is 3.85. The van der Waals surface area contributed by atoms with Crippen LogP contribution in [-0.2, 0) is 0 Å². The number of aromatic nitrogens is 2. The van der Waals surface area contributed by atoms with Crippen LogP contribution in [0.1, 0.15) is 5.56 Å². The largest absolute Gasteiger partial charge is 0.373 e. The quantitative estimate of drug-likeness (QED) is 0.875. The second-order valence-corrected chi connectivity index (χ2v) is 4.76. The SMILES string of the molecule is CNc1ncnc(-c2ccc(Cl)s2)c1C. The smallest absolute Gasteiger partial charge is 0.132 e. The van der Waals surface area contributed by atoms with Crippen LogP contribution in [0.3, 0.4) is 0 Å². The Bertz CT molecular complexity index is 481. The van der Waals surface area contributed by atoms with Gasteiger partial charge in [-0.05, 0) is 19.1 Å². The maximum absolute atomic E-state index is 5.90. The number of hydrogen-bond acceptors (Lipinski definition) is 4. The van der Waals surface area contributed by atoms with Crippen molar-refractivity contribution < 1.29 is 0 Å². The van der Waals surface area contributed by atoms with Gasteiger partial charge < -0.3 is 5.32 Å². The molecular formula is C10H10ClN3S. The van der Waals surface area contributed by atoms with Crippen molar-refractivity contribution in [2.45, 2.75) is 6.92 Å². The fourth-order valence-electron chi connectivity index (χ4n) is 1.39. The molecule has 0 bridgehead atoms. The molecule has 2 heterocycles. The standard InChI is InChI=1S/C10H10ClN3S/c1-6-9(7-3-4-8(11)15-7)13-5-14-10(6)12-2/h3-5H,1-2H3,(H,12,13,14). The summed E-state index contributed by atoms with van der Waals surface area (Å²) in [4.78, 5) is 9.48. The Labute approximate surface area is 97.2 Å². The van der Waals surface area contributed by atoms with Crippen molar-refractivity contribution in [3.05, 3.63) is 28.4 Å². The average Bonchev–Trinajstić information content (AvgIpc) is 2.65. The minimum absolute atomic E-state index is 0.772. The molecule has 0 fully saturated rings. The second-order valence-electron chi connectivity index (χ2n) is 3.05. The van der Waals surface area contributed by atoms with E-state index >= 15 is 0 Å². The van der Waals surface area contributed by atoms with Gasteiger partial charge in [0.15, 0.2) is 0 Å². The minimum Gasteiger partial charge on any atom is -0.373 e. The fourth-order valence-corrected chi connectivity index (χ4v) is 2.49. The Morgan fingerprint density at radius 3 is 2.73 bits per heavy atom. The Morgan fingerprint density at radius 2 is 2.13 bits per heavy atom. The van der Waals surface area contributed by atoms with Crippen LogP contribution in [0.15, 0.2) is 18.5 Å². The molecule has 0 atom stereocenters. The highest BCUT2D eigenvalue weighted by atomic mass is 35.5. The van der Waals surface area contributed by atoms with Crippen LogP contribution in [0, 0.1) is 6.92 Å². The maximum Gasteiger partial charge on any atom is 0.132 e. The van der Waals surface area contributed by atoms with E-state index in [0.29, 0.717) is 0 Å². The first-order valence-corrected chi connectivity index (χ1v) is 5.67. The summed E-state index contributed by atoms with van der Waals surface area (Å²) in [5.74, 6) is 0.851. The number of thiophene rings is 1. The predicted octanol–water partition coefficient (Wildman–Crippen LogP) is 3.21. The van der Waals surface area contributed by atoms with E-state index in [2.05, 4.69) is 15.3 Å². The van der Waals surface area contributed by atoms with Crippen molar-refractivity contribution >= 4 is 28.8 Å². The highest BCUT2D eigenvalue weighted by Crippen LogP contribution is 2.32. The predicted molar refractivity (Wildman–Crippen MR) is 64.6 cm³/mol. The lowest BCUT2D eigenvalue weighted by Gasteiger charge is -2.06. The van der Waals surface area contributed by atoms with Gasteiger partial charge in [0.25, 0.3) is 0 Å². The summed E-state index contributed by atoms with van der Waals surface area (Å²) >= 11 is 7.42. The molecule has 3 nitrogen and oxygen atoms in total. The van der Waals surface area contributed by atoms with Gasteiger partial charge in [0.05, 0.1) is 14.9 Å². The summed E-state index contributed by atoms with van der Waals surface area (Å²) in [5.41, 5.74) is 1.98. The van der Waals surface area contributed by atoms with Gasteiger partial charge in [-0.3, -0.25) is 0 Å². The molecule has 0 saturated carbocycles. The molecule has 0 aliphatic carbocycles. The van der Waals surface area contributed by atoms with E-state index in [9.17, 15) is 0 Å². The van der Waals surface area contributed by atoms with Crippen LogP contribution in [0.5, 0.6) is 0 Å². The van der Waals surface area contributed by atoms with Crippen LogP contribution in [-0.4, -0.2) is 17.0 Å². The fraction of sp³-hybridized carbons (Fsp3) is 0.200. The zero-order chi connectivity index (χ0) is 10.8. The van der Waals surface area contributed by atoms with Crippen LogP contribution >= 0.6 is 22.9 Å². The molecule has 15 heavy (non-hydrogen) atoms. The lowest BCUT2D eigenvalue weighted by atomic mass is 10.2. The molecule has 5 heteroatoms. The van der Waals surface area contributed by atoms with Gasteiger partial charge in [-0.2, -0.15) is 0 Å². The third kappa shape index (κ3) is 1.96. The summed E-state index contributed by atoms with van der Waals surface area (Å²) in [6.45, 7) is 1.99. The number of rotatable bonds is 2. The van der Waals surface area contributed by atoms with Crippen molar-refractivity contribution in [1.82, 2.24) is 9.97 Å². The zero-order valence-electron chi connectivity index (χ0n) is 8.41. The molecule has 0 spiro atoms. The van der Waals surface area contributed by atoms with Gasteiger partial charge in [0.2, 0.25) is 0 Å². The Balaban J connectivity index is 2.53. The van der Waals surface area contributed by atoms with Gasteiger partial charge in [-0.15, -0.1) is 11.3 Å². The topological polar surface area (TPSA) is 37.8 Å². The van der Waals surface area contributed by atoms with Gasteiger partial charge in [0, 0.05) is 12.6 Å². The molecule has 0 aromatic carbocycles. The third-order valence-corrected chi connectivity index (χ3v) is 3.37. The van der Waals surface area contributed by atoms with E-state index in [0.717, 1.165) is 26.3 Å². The van der Waals surface area contributed by atoms with Crippen molar-refractivity contribution in [3.8, 4) is 10.6 Å². The first kappa shape index (κ1) is 10.4. The van der Waals surface area contributed by atoms with E-state index in [1.165, 1.54) is 11.3 Å².